The van der Waals surface area contributed by atoms with Gasteiger partial charge >= 0.3 is 0 Å². The van der Waals surface area contributed by atoms with Crippen molar-refractivity contribution < 1.29 is 14.0 Å². The first-order chi connectivity index (χ1) is 11.1. The van der Waals surface area contributed by atoms with Crippen LogP contribution in [0.5, 0.6) is 0 Å². The van der Waals surface area contributed by atoms with Gasteiger partial charge < -0.3 is 15.1 Å². The summed E-state index contributed by atoms with van der Waals surface area (Å²) in [5.41, 5.74) is 1.55. The summed E-state index contributed by atoms with van der Waals surface area (Å²) in [5.74, 6) is -0.765. The molecule has 1 aliphatic heterocycles. The van der Waals surface area contributed by atoms with Gasteiger partial charge in [0.15, 0.2) is 0 Å². The largest absolute Gasteiger partial charge is 0.365 e. The van der Waals surface area contributed by atoms with E-state index in [1.165, 1.54) is 18.2 Å². The Balaban J connectivity index is 1.73. The molecule has 1 aliphatic carbocycles. The summed E-state index contributed by atoms with van der Waals surface area (Å²) in [5, 5.41) is 2.59. The lowest BCUT2D eigenvalue weighted by atomic mass is 10.1. The molecule has 1 aromatic carbocycles. The van der Waals surface area contributed by atoms with E-state index in [0.717, 1.165) is 25.1 Å². The van der Waals surface area contributed by atoms with Crippen molar-refractivity contribution in [1.82, 2.24) is 5.32 Å². The van der Waals surface area contributed by atoms with Crippen LogP contribution in [0.15, 0.2) is 30.9 Å². The van der Waals surface area contributed by atoms with Crippen molar-refractivity contribution in [2.75, 3.05) is 29.4 Å². The molecule has 3 rings (SSSR count). The number of carbonyl (C=O) groups excluding carboxylic acids is 2. The van der Waals surface area contributed by atoms with Crippen molar-refractivity contribution in [3.63, 3.8) is 0 Å². The van der Waals surface area contributed by atoms with E-state index in [1.54, 1.807) is 11.0 Å². The van der Waals surface area contributed by atoms with E-state index < -0.39 is 0 Å². The molecule has 0 radical (unpaired) electrons. The minimum Gasteiger partial charge on any atom is -0.365 e. The van der Waals surface area contributed by atoms with Gasteiger partial charge in [-0.05, 0) is 37.1 Å². The summed E-state index contributed by atoms with van der Waals surface area (Å²) < 4.78 is 13.7. The van der Waals surface area contributed by atoms with Crippen molar-refractivity contribution >= 4 is 23.2 Å². The lowest BCUT2D eigenvalue weighted by Crippen LogP contribution is -2.45. The lowest BCUT2D eigenvalue weighted by molar-refractivity contribution is -0.119. The Morgan fingerprint density at radius 2 is 2.09 bits per heavy atom. The summed E-state index contributed by atoms with van der Waals surface area (Å²) >= 11 is 0. The van der Waals surface area contributed by atoms with Crippen molar-refractivity contribution in [1.29, 1.82) is 0 Å². The summed E-state index contributed by atoms with van der Waals surface area (Å²) in [6.07, 6.45) is 3.65. The number of carbonyl (C=O) groups is 2. The molecule has 0 unspecified atom stereocenters. The second-order valence-electron chi connectivity index (χ2n) is 5.85. The molecule has 0 saturated heterocycles. The van der Waals surface area contributed by atoms with Gasteiger partial charge in [-0.25, -0.2) is 4.39 Å². The van der Waals surface area contributed by atoms with Gasteiger partial charge in [-0.15, -0.1) is 0 Å². The van der Waals surface area contributed by atoms with E-state index in [9.17, 15) is 14.0 Å². The Bertz CT molecular complexity index is 643. The van der Waals surface area contributed by atoms with E-state index in [2.05, 4.69) is 16.8 Å². The molecule has 1 N–H and O–H groups in total. The molecule has 1 heterocycles. The Kier molecular flexibility index (Phi) is 4.32. The van der Waals surface area contributed by atoms with Crippen LogP contribution in [-0.4, -0.2) is 37.5 Å². The maximum absolute atomic E-state index is 13.7. The fourth-order valence-electron chi connectivity index (χ4n) is 2.93. The van der Waals surface area contributed by atoms with Crippen LogP contribution in [0.4, 0.5) is 15.8 Å². The molecule has 2 aliphatic rings. The smallest absolute Gasteiger partial charge is 0.243 e. The molecule has 0 spiro atoms. The zero-order valence-electron chi connectivity index (χ0n) is 12.9. The Hall–Kier alpha value is -2.37. The molecule has 0 aromatic heterocycles. The number of fused-ring (bicyclic) bond motifs is 1. The SMILES string of the molecule is C=CC(=O)NCCC(=O)N1CCN(C2CC2)c2ccc(F)cc21. The van der Waals surface area contributed by atoms with Crippen LogP contribution in [0.25, 0.3) is 0 Å². The van der Waals surface area contributed by atoms with Gasteiger partial charge in [0.1, 0.15) is 5.82 Å². The van der Waals surface area contributed by atoms with Crippen molar-refractivity contribution in [3.05, 3.63) is 36.7 Å². The Morgan fingerprint density at radius 1 is 1.30 bits per heavy atom. The topological polar surface area (TPSA) is 52.7 Å². The van der Waals surface area contributed by atoms with Gasteiger partial charge in [-0.2, -0.15) is 0 Å². The highest BCUT2D eigenvalue weighted by Gasteiger charge is 2.35. The molecular weight excluding hydrogens is 297 g/mol. The van der Waals surface area contributed by atoms with Gasteiger partial charge in [0.25, 0.3) is 0 Å². The summed E-state index contributed by atoms with van der Waals surface area (Å²) in [4.78, 5) is 27.5. The molecular formula is C17H20FN3O2. The second kappa shape index (κ2) is 6.40. The predicted molar refractivity (Wildman–Crippen MR) is 86.9 cm³/mol. The van der Waals surface area contributed by atoms with E-state index in [4.69, 9.17) is 0 Å². The lowest BCUT2D eigenvalue weighted by Gasteiger charge is -2.38. The molecule has 0 bridgehead atoms. The van der Waals surface area contributed by atoms with Crippen LogP contribution in [0, 0.1) is 5.82 Å². The minimum absolute atomic E-state index is 0.114. The number of nitrogens with one attached hydrogen (secondary N) is 1. The summed E-state index contributed by atoms with van der Waals surface area (Å²) in [6.45, 7) is 4.91. The van der Waals surface area contributed by atoms with Gasteiger partial charge in [-0.1, -0.05) is 6.58 Å². The molecule has 1 aromatic rings. The zero-order chi connectivity index (χ0) is 16.4. The van der Waals surface area contributed by atoms with E-state index >= 15 is 0 Å². The predicted octanol–water partition coefficient (Wildman–Crippen LogP) is 1.83. The number of amides is 2. The number of benzene rings is 1. The number of hydrogen-bond acceptors (Lipinski definition) is 3. The van der Waals surface area contributed by atoms with Crippen molar-refractivity contribution in [2.24, 2.45) is 0 Å². The van der Waals surface area contributed by atoms with Crippen molar-refractivity contribution in [3.8, 4) is 0 Å². The third kappa shape index (κ3) is 3.36. The zero-order valence-corrected chi connectivity index (χ0v) is 12.9. The third-order valence-corrected chi connectivity index (χ3v) is 4.21. The highest BCUT2D eigenvalue weighted by molar-refractivity contribution is 5.98. The molecule has 23 heavy (non-hydrogen) atoms. The number of nitrogens with zero attached hydrogens (tertiary/aromatic N) is 2. The summed E-state index contributed by atoms with van der Waals surface area (Å²) in [7, 11) is 0. The first-order valence-corrected chi connectivity index (χ1v) is 7.87. The number of anilines is 2. The normalized spacial score (nSPS) is 16.7. The molecule has 1 saturated carbocycles. The third-order valence-electron chi connectivity index (χ3n) is 4.21. The first kappa shape index (κ1) is 15.5. The molecule has 122 valence electrons. The quantitative estimate of drug-likeness (QED) is 0.843. The van der Waals surface area contributed by atoms with Gasteiger partial charge in [-0.3, -0.25) is 9.59 Å². The maximum atomic E-state index is 13.7. The number of hydrogen-bond donors (Lipinski definition) is 1. The number of rotatable bonds is 5. The van der Waals surface area contributed by atoms with Crippen molar-refractivity contribution in [2.45, 2.75) is 25.3 Å². The van der Waals surface area contributed by atoms with E-state index in [0.29, 0.717) is 18.3 Å². The van der Waals surface area contributed by atoms with Crippen LogP contribution in [0.2, 0.25) is 0 Å². The van der Waals surface area contributed by atoms with E-state index in [-0.39, 0.29) is 30.6 Å². The van der Waals surface area contributed by atoms with E-state index in [1.807, 2.05) is 0 Å². The highest BCUT2D eigenvalue weighted by Crippen LogP contribution is 2.40. The fraction of sp³-hybridized carbons (Fsp3) is 0.412. The second-order valence-corrected chi connectivity index (χ2v) is 5.85. The molecule has 2 amide bonds. The van der Waals surface area contributed by atoms with Gasteiger partial charge in [0.2, 0.25) is 11.8 Å². The monoisotopic (exact) mass is 317 g/mol. The first-order valence-electron chi connectivity index (χ1n) is 7.87. The minimum atomic E-state index is -0.348. The highest BCUT2D eigenvalue weighted by atomic mass is 19.1. The number of halogens is 1. The molecule has 0 atom stereocenters. The van der Waals surface area contributed by atoms with Crippen LogP contribution < -0.4 is 15.1 Å². The maximum Gasteiger partial charge on any atom is 0.243 e. The van der Waals surface area contributed by atoms with Gasteiger partial charge in [0, 0.05) is 32.1 Å². The van der Waals surface area contributed by atoms with Crippen LogP contribution >= 0.6 is 0 Å². The Morgan fingerprint density at radius 3 is 2.78 bits per heavy atom. The van der Waals surface area contributed by atoms with Crippen LogP contribution in [0.1, 0.15) is 19.3 Å². The average molecular weight is 317 g/mol. The molecule has 5 nitrogen and oxygen atoms in total. The average Bonchev–Trinajstić information content (AvgIpc) is 3.38. The Labute approximate surface area is 134 Å². The van der Waals surface area contributed by atoms with Crippen LogP contribution in [-0.2, 0) is 9.59 Å². The standard InChI is InChI=1S/C17H20FN3O2/c1-2-16(22)19-8-7-17(23)21-10-9-20(13-4-5-13)14-6-3-12(18)11-15(14)21/h2-3,6,11,13H,1,4-5,7-10H2,(H,19,22). The molecule has 1 fully saturated rings. The van der Waals surface area contributed by atoms with Gasteiger partial charge in [0.05, 0.1) is 11.4 Å². The fourth-order valence-corrected chi connectivity index (χ4v) is 2.93. The molecule has 6 heteroatoms. The summed E-state index contributed by atoms with van der Waals surface area (Å²) in [6, 6.07) is 5.13. The van der Waals surface area contributed by atoms with Crippen LogP contribution in [0.3, 0.4) is 0 Å².